The first-order valence-corrected chi connectivity index (χ1v) is 15.2. The van der Waals surface area contributed by atoms with Crippen molar-refractivity contribution in [2.75, 3.05) is 0 Å². The molecule has 8 aromatic rings. The fourth-order valence-corrected chi connectivity index (χ4v) is 6.66. The molecule has 1 aromatic heterocycles. The van der Waals surface area contributed by atoms with Gasteiger partial charge in [-0.1, -0.05) is 146 Å². The van der Waals surface area contributed by atoms with E-state index in [9.17, 15) is 0 Å². The van der Waals surface area contributed by atoms with E-state index in [4.69, 9.17) is 0 Å². The maximum atomic E-state index is 2.41. The number of hydrogen-bond donors (Lipinski definition) is 0. The van der Waals surface area contributed by atoms with Crippen LogP contribution in [0.2, 0.25) is 0 Å². The van der Waals surface area contributed by atoms with Gasteiger partial charge in [0.1, 0.15) is 0 Å². The zero-order valence-electron chi connectivity index (χ0n) is 24.6. The highest BCUT2D eigenvalue weighted by atomic mass is 15.0. The molecule has 0 aliphatic carbocycles. The lowest BCUT2D eigenvalue weighted by Crippen LogP contribution is -1.95. The maximum absolute atomic E-state index is 2.41. The van der Waals surface area contributed by atoms with Gasteiger partial charge in [-0.3, -0.25) is 0 Å². The van der Waals surface area contributed by atoms with Crippen LogP contribution in [0.15, 0.2) is 170 Å². The fourth-order valence-electron chi connectivity index (χ4n) is 6.66. The first-order valence-electron chi connectivity index (χ1n) is 15.2. The van der Waals surface area contributed by atoms with Crippen LogP contribution in [0.4, 0.5) is 0 Å². The van der Waals surface area contributed by atoms with E-state index in [-0.39, 0.29) is 0 Å². The van der Waals surface area contributed by atoms with Gasteiger partial charge >= 0.3 is 0 Å². The molecule has 0 amide bonds. The summed E-state index contributed by atoms with van der Waals surface area (Å²) in [5.41, 5.74) is 14.8. The van der Waals surface area contributed by atoms with Crippen LogP contribution >= 0.6 is 0 Å². The molecule has 0 atom stereocenters. The molecule has 0 saturated carbocycles. The van der Waals surface area contributed by atoms with Crippen molar-refractivity contribution in [2.24, 2.45) is 0 Å². The Morgan fingerprint density at radius 1 is 0.341 bits per heavy atom. The summed E-state index contributed by atoms with van der Waals surface area (Å²) in [6, 6.07) is 61.4. The highest BCUT2D eigenvalue weighted by Gasteiger charge is 2.16. The van der Waals surface area contributed by atoms with E-state index in [2.05, 4.69) is 181 Å². The van der Waals surface area contributed by atoms with Crippen LogP contribution in [0, 0.1) is 6.92 Å². The van der Waals surface area contributed by atoms with Crippen molar-refractivity contribution in [1.29, 1.82) is 0 Å². The highest BCUT2D eigenvalue weighted by molar-refractivity contribution is 6.10. The second kappa shape index (κ2) is 10.9. The number of hydrogen-bond acceptors (Lipinski definition) is 0. The summed E-state index contributed by atoms with van der Waals surface area (Å²) < 4.78 is 2.41. The third-order valence-corrected chi connectivity index (χ3v) is 8.80. The molecule has 44 heavy (non-hydrogen) atoms. The van der Waals surface area contributed by atoms with Crippen molar-refractivity contribution in [3.63, 3.8) is 0 Å². The van der Waals surface area contributed by atoms with E-state index in [1.165, 1.54) is 71.9 Å². The third-order valence-electron chi connectivity index (χ3n) is 8.80. The van der Waals surface area contributed by atoms with Crippen molar-refractivity contribution in [2.45, 2.75) is 6.92 Å². The monoisotopic (exact) mass is 561 g/mol. The van der Waals surface area contributed by atoms with Gasteiger partial charge in [0.15, 0.2) is 0 Å². The minimum Gasteiger partial charge on any atom is -0.309 e. The molecule has 0 saturated heterocycles. The number of para-hydroxylation sites is 1. The van der Waals surface area contributed by atoms with Gasteiger partial charge in [0.25, 0.3) is 0 Å². The van der Waals surface area contributed by atoms with Gasteiger partial charge in [0.2, 0.25) is 0 Å². The largest absolute Gasteiger partial charge is 0.309 e. The molecule has 0 spiro atoms. The molecular weight excluding hydrogens is 530 g/mol. The Kier molecular flexibility index (Phi) is 6.43. The Labute approximate surface area is 258 Å². The van der Waals surface area contributed by atoms with Crippen LogP contribution < -0.4 is 0 Å². The van der Waals surface area contributed by atoms with Gasteiger partial charge in [-0.05, 0) is 81.3 Å². The zero-order chi connectivity index (χ0) is 29.5. The molecule has 0 aliphatic heterocycles. The van der Waals surface area contributed by atoms with E-state index in [0.717, 1.165) is 5.69 Å². The molecule has 1 heteroatoms. The number of aromatic nitrogens is 1. The van der Waals surface area contributed by atoms with Crippen LogP contribution in [0.5, 0.6) is 0 Å². The Balaban J connectivity index is 1.28. The second-order valence-corrected chi connectivity index (χ2v) is 11.4. The zero-order valence-corrected chi connectivity index (χ0v) is 24.6. The van der Waals surface area contributed by atoms with E-state index in [0.29, 0.717) is 0 Å². The van der Waals surface area contributed by atoms with Gasteiger partial charge in [0.05, 0.1) is 11.0 Å². The predicted molar refractivity (Wildman–Crippen MR) is 187 cm³/mol. The predicted octanol–water partition coefficient (Wildman–Crippen LogP) is 11.8. The number of benzene rings is 7. The van der Waals surface area contributed by atoms with Gasteiger partial charge in [-0.15, -0.1) is 0 Å². The number of fused-ring (bicyclic) bond motifs is 3. The summed E-state index contributed by atoms with van der Waals surface area (Å²) in [6.07, 6.45) is 0. The Bertz CT molecular complexity index is 2270. The van der Waals surface area contributed by atoms with Crippen LogP contribution in [0.25, 0.3) is 72.0 Å². The summed E-state index contributed by atoms with van der Waals surface area (Å²) in [7, 11) is 0. The van der Waals surface area contributed by atoms with Crippen LogP contribution in [0.1, 0.15) is 5.56 Å². The highest BCUT2D eigenvalue weighted by Crippen LogP contribution is 2.39. The molecule has 0 N–H and O–H groups in total. The lowest BCUT2D eigenvalue weighted by molar-refractivity contribution is 1.18. The van der Waals surface area contributed by atoms with Gasteiger partial charge in [-0.25, -0.2) is 0 Å². The van der Waals surface area contributed by atoms with Crippen molar-refractivity contribution >= 4 is 21.8 Å². The molecule has 1 nitrogen and oxygen atoms in total. The SMILES string of the molecule is Cc1ccccc1-c1ccccc1-c1ccc2c3ccccc3n(-c3ccc(-c4ccccc4-c4ccccc4)cc3)c2c1. The first-order chi connectivity index (χ1) is 21.8. The molecule has 0 unspecified atom stereocenters. The Morgan fingerprint density at radius 3 is 1.55 bits per heavy atom. The van der Waals surface area contributed by atoms with Crippen LogP contribution in [-0.4, -0.2) is 4.57 Å². The summed E-state index contributed by atoms with van der Waals surface area (Å²) in [4.78, 5) is 0. The molecule has 8 rings (SSSR count). The average molecular weight is 562 g/mol. The summed E-state index contributed by atoms with van der Waals surface area (Å²) in [5, 5.41) is 2.52. The van der Waals surface area contributed by atoms with Gasteiger partial charge < -0.3 is 4.57 Å². The number of aryl methyl sites for hydroxylation is 1. The molecule has 7 aromatic carbocycles. The average Bonchev–Trinajstić information content (AvgIpc) is 3.43. The molecule has 1 heterocycles. The summed E-state index contributed by atoms with van der Waals surface area (Å²) >= 11 is 0. The Hall–Kier alpha value is -5.66. The molecule has 0 aliphatic rings. The normalized spacial score (nSPS) is 11.3. The summed E-state index contributed by atoms with van der Waals surface area (Å²) in [5.74, 6) is 0. The van der Waals surface area contributed by atoms with Gasteiger partial charge in [0, 0.05) is 16.5 Å². The van der Waals surface area contributed by atoms with E-state index < -0.39 is 0 Å². The molecule has 0 fully saturated rings. The lowest BCUT2D eigenvalue weighted by atomic mass is 9.92. The van der Waals surface area contributed by atoms with Crippen LogP contribution in [0.3, 0.4) is 0 Å². The number of rotatable bonds is 5. The second-order valence-electron chi connectivity index (χ2n) is 11.4. The Morgan fingerprint density at radius 2 is 0.841 bits per heavy atom. The summed E-state index contributed by atoms with van der Waals surface area (Å²) in [6.45, 7) is 2.19. The third kappa shape index (κ3) is 4.42. The number of nitrogens with zero attached hydrogens (tertiary/aromatic N) is 1. The molecule has 0 bridgehead atoms. The minimum absolute atomic E-state index is 1.15. The fraction of sp³-hybridized carbons (Fsp3) is 0.0233. The van der Waals surface area contributed by atoms with Crippen molar-refractivity contribution < 1.29 is 0 Å². The van der Waals surface area contributed by atoms with E-state index >= 15 is 0 Å². The van der Waals surface area contributed by atoms with Crippen LogP contribution in [-0.2, 0) is 0 Å². The smallest absolute Gasteiger partial charge is 0.0547 e. The van der Waals surface area contributed by atoms with E-state index in [1.807, 2.05) is 0 Å². The lowest BCUT2D eigenvalue weighted by Gasteiger charge is -2.14. The first kappa shape index (κ1) is 26.0. The molecule has 0 radical (unpaired) electrons. The quantitative estimate of drug-likeness (QED) is 0.197. The standard InChI is InChI=1S/C43H31N/c1-30-13-5-6-16-35(30)39-20-10-9-19-38(39)33-25-28-41-40-21-11-12-22-42(40)44(43(41)29-33)34-26-23-32(24-27-34)37-18-8-7-17-36(37)31-14-3-2-4-15-31/h2-29H,1H3. The maximum Gasteiger partial charge on any atom is 0.0547 e. The minimum atomic E-state index is 1.15. The topological polar surface area (TPSA) is 4.93 Å². The molecule has 208 valence electrons. The van der Waals surface area contributed by atoms with E-state index in [1.54, 1.807) is 0 Å². The molecular formula is C43H31N. The van der Waals surface area contributed by atoms with Crippen molar-refractivity contribution in [1.82, 2.24) is 4.57 Å². The van der Waals surface area contributed by atoms with Crippen molar-refractivity contribution in [3.8, 4) is 50.2 Å². The van der Waals surface area contributed by atoms with Gasteiger partial charge in [-0.2, -0.15) is 0 Å². The van der Waals surface area contributed by atoms with Crippen molar-refractivity contribution in [3.05, 3.63) is 175 Å².